The Bertz CT molecular complexity index is 484. The molecule has 1 N–H and O–H groups in total. The predicted molar refractivity (Wildman–Crippen MR) is 81.2 cm³/mol. The summed E-state index contributed by atoms with van der Waals surface area (Å²) in [7, 11) is 0. The Kier molecular flexibility index (Phi) is 5.21. The van der Waals surface area contributed by atoms with Gasteiger partial charge in [0.05, 0.1) is 12.0 Å². The average molecular weight is 276 g/mol. The first-order valence-corrected chi connectivity index (χ1v) is 7.54. The lowest BCUT2D eigenvalue weighted by atomic mass is 10.0. The Morgan fingerprint density at radius 3 is 2.84 bits per heavy atom. The van der Waals surface area contributed by atoms with E-state index >= 15 is 0 Å². The van der Waals surface area contributed by atoms with E-state index < -0.39 is 0 Å². The Morgan fingerprint density at radius 1 is 1.32 bits per heavy atom. The lowest BCUT2D eigenvalue weighted by Crippen LogP contribution is -2.09. The van der Waals surface area contributed by atoms with Crippen molar-refractivity contribution in [3.05, 3.63) is 41.3 Å². The summed E-state index contributed by atoms with van der Waals surface area (Å²) < 4.78 is 5.49. The highest BCUT2D eigenvalue weighted by atomic mass is 32.1. The van der Waals surface area contributed by atoms with Crippen LogP contribution >= 0.6 is 11.3 Å². The lowest BCUT2D eigenvalue weighted by Gasteiger charge is -2.12. The van der Waals surface area contributed by atoms with E-state index in [0.717, 1.165) is 30.6 Å². The second kappa shape index (κ2) is 7.14. The number of ether oxygens (including phenoxy) is 1. The van der Waals surface area contributed by atoms with Crippen molar-refractivity contribution in [1.82, 2.24) is 4.98 Å². The van der Waals surface area contributed by atoms with E-state index in [2.05, 4.69) is 48.4 Å². The number of thiazole rings is 1. The number of nitrogens with zero attached hydrogens (tertiary/aromatic N) is 1. The van der Waals surface area contributed by atoms with Crippen molar-refractivity contribution in [3.63, 3.8) is 0 Å². The Hall–Kier alpha value is -1.55. The zero-order valence-electron chi connectivity index (χ0n) is 11.4. The molecule has 3 nitrogen and oxygen atoms in total. The zero-order chi connectivity index (χ0) is 13.5. The number of nitrogens with one attached hydrogen (secondary N) is 1. The van der Waals surface area contributed by atoms with E-state index in [9.17, 15) is 0 Å². The molecule has 0 amide bonds. The summed E-state index contributed by atoms with van der Waals surface area (Å²) in [6.45, 7) is 5.91. The SMILES string of the molecule is CCCOc1csc(NCC(C)c2ccccc2)n1. The summed E-state index contributed by atoms with van der Waals surface area (Å²) in [5.41, 5.74) is 1.34. The molecule has 0 bridgehead atoms. The number of rotatable bonds is 7. The fourth-order valence-corrected chi connectivity index (χ4v) is 2.40. The molecule has 102 valence electrons. The van der Waals surface area contributed by atoms with Gasteiger partial charge < -0.3 is 10.1 Å². The number of benzene rings is 1. The summed E-state index contributed by atoms with van der Waals surface area (Å²) in [6, 6.07) is 10.5. The molecule has 0 saturated heterocycles. The largest absolute Gasteiger partial charge is 0.477 e. The second-order valence-electron chi connectivity index (χ2n) is 4.53. The van der Waals surface area contributed by atoms with Gasteiger partial charge in [0.15, 0.2) is 5.13 Å². The van der Waals surface area contributed by atoms with E-state index in [4.69, 9.17) is 4.74 Å². The maximum atomic E-state index is 5.49. The van der Waals surface area contributed by atoms with Crippen LogP contribution in [-0.2, 0) is 0 Å². The van der Waals surface area contributed by atoms with Crippen LogP contribution in [0, 0.1) is 0 Å². The highest BCUT2D eigenvalue weighted by Gasteiger charge is 2.07. The number of hydrogen-bond donors (Lipinski definition) is 1. The maximum absolute atomic E-state index is 5.49. The lowest BCUT2D eigenvalue weighted by molar-refractivity contribution is 0.307. The summed E-state index contributed by atoms with van der Waals surface area (Å²) in [5.74, 6) is 1.19. The molecule has 0 saturated carbocycles. The summed E-state index contributed by atoms with van der Waals surface area (Å²) in [6.07, 6.45) is 1.01. The molecule has 19 heavy (non-hydrogen) atoms. The second-order valence-corrected chi connectivity index (χ2v) is 5.39. The number of hydrogen-bond acceptors (Lipinski definition) is 4. The molecule has 2 aromatic rings. The summed E-state index contributed by atoms with van der Waals surface area (Å²) >= 11 is 1.59. The molecule has 1 heterocycles. The molecular weight excluding hydrogens is 256 g/mol. The van der Waals surface area contributed by atoms with Crippen molar-refractivity contribution in [2.24, 2.45) is 0 Å². The summed E-state index contributed by atoms with van der Waals surface area (Å²) in [5, 5.41) is 6.24. The van der Waals surface area contributed by atoms with Gasteiger partial charge in [0.25, 0.3) is 0 Å². The van der Waals surface area contributed by atoms with E-state index in [0.29, 0.717) is 5.92 Å². The predicted octanol–water partition coefficient (Wildman–Crippen LogP) is 4.15. The van der Waals surface area contributed by atoms with Crippen LogP contribution in [0.1, 0.15) is 31.7 Å². The van der Waals surface area contributed by atoms with Crippen LogP contribution in [0.4, 0.5) is 5.13 Å². The minimum Gasteiger partial charge on any atom is -0.477 e. The van der Waals surface area contributed by atoms with Gasteiger partial charge in [-0.2, -0.15) is 4.98 Å². The third-order valence-electron chi connectivity index (χ3n) is 2.87. The first kappa shape index (κ1) is 13.9. The molecular formula is C15H20N2OS. The van der Waals surface area contributed by atoms with Crippen LogP contribution in [0.25, 0.3) is 0 Å². The Balaban J connectivity index is 1.83. The zero-order valence-corrected chi connectivity index (χ0v) is 12.2. The topological polar surface area (TPSA) is 34.1 Å². The molecule has 4 heteroatoms. The molecule has 0 spiro atoms. The number of anilines is 1. The van der Waals surface area contributed by atoms with Crippen LogP contribution in [0.2, 0.25) is 0 Å². The van der Waals surface area contributed by atoms with Gasteiger partial charge in [-0.1, -0.05) is 44.2 Å². The normalized spacial score (nSPS) is 12.1. The molecule has 0 aliphatic carbocycles. The number of aromatic nitrogens is 1. The van der Waals surface area contributed by atoms with Crippen LogP contribution < -0.4 is 10.1 Å². The summed E-state index contributed by atoms with van der Waals surface area (Å²) in [4.78, 5) is 4.40. The molecule has 0 aliphatic rings. The molecule has 2 rings (SSSR count). The van der Waals surface area contributed by atoms with Gasteiger partial charge in [0.2, 0.25) is 5.88 Å². The van der Waals surface area contributed by atoms with Crippen LogP contribution in [0.3, 0.4) is 0 Å². The molecule has 1 aromatic heterocycles. The van der Waals surface area contributed by atoms with Gasteiger partial charge in [-0.3, -0.25) is 0 Å². The Labute approximate surface area is 118 Å². The molecule has 1 atom stereocenters. The minimum atomic E-state index is 0.463. The van der Waals surface area contributed by atoms with Gasteiger partial charge in [0, 0.05) is 6.54 Å². The average Bonchev–Trinajstić information content (AvgIpc) is 2.91. The van der Waals surface area contributed by atoms with E-state index in [-0.39, 0.29) is 0 Å². The quantitative estimate of drug-likeness (QED) is 0.825. The van der Waals surface area contributed by atoms with Crippen LogP contribution in [0.15, 0.2) is 35.7 Å². The van der Waals surface area contributed by atoms with Crippen molar-refractivity contribution < 1.29 is 4.74 Å². The third kappa shape index (κ3) is 4.24. The van der Waals surface area contributed by atoms with Gasteiger partial charge in [-0.25, -0.2) is 0 Å². The van der Waals surface area contributed by atoms with Crippen molar-refractivity contribution in [1.29, 1.82) is 0 Å². The first-order chi connectivity index (χ1) is 9.29. The van der Waals surface area contributed by atoms with Crippen LogP contribution in [-0.4, -0.2) is 18.1 Å². The smallest absolute Gasteiger partial charge is 0.226 e. The first-order valence-electron chi connectivity index (χ1n) is 6.66. The van der Waals surface area contributed by atoms with E-state index in [1.807, 2.05) is 11.4 Å². The van der Waals surface area contributed by atoms with Gasteiger partial charge in [-0.05, 0) is 17.9 Å². The van der Waals surface area contributed by atoms with E-state index in [1.54, 1.807) is 11.3 Å². The third-order valence-corrected chi connectivity index (χ3v) is 3.64. The highest BCUT2D eigenvalue weighted by Crippen LogP contribution is 2.22. The standard InChI is InChI=1S/C15H20N2OS/c1-3-9-18-14-11-19-15(17-14)16-10-12(2)13-7-5-4-6-8-13/h4-8,11-12H,3,9-10H2,1-2H3,(H,16,17). The fraction of sp³-hybridized carbons (Fsp3) is 0.400. The van der Waals surface area contributed by atoms with Gasteiger partial charge in [0.1, 0.15) is 0 Å². The van der Waals surface area contributed by atoms with E-state index in [1.165, 1.54) is 5.56 Å². The van der Waals surface area contributed by atoms with Gasteiger partial charge >= 0.3 is 0 Å². The monoisotopic (exact) mass is 276 g/mol. The van der Waals surface area contributed by atoms with Crippen molar-refractivity contribution in [3.8, 4) is 5.88 Å². The molecule has 1 aromatic carbocycles. The molecule has 0 aliphatic heterocycles. The van der Waals surface area contributed by atoms with Gasteiger partial charge in [-0.15, -0.1) is 11.3 Å². The molecule has 0 radical (unpaired) electrons. The van der Waals surface area contributed by atoms with Crippen molar-refractivity contribution in [2.75, 3.05) is 18.5 Å². The highest BCUT2D eigenvalue weighted by molar-refractivity contribution is 7.13. The molecule has 0 fully saturated rings. The van der Waals surface area contributed by atoms with Crippen molar-refractivity contribution >= 4 is 16.5 Å². The Morgan fingerprint density at radius 2 is 2.11 bits per heavy atom. The molecule has 1 unspecified atom stereocenters. The minimum absolute atomic E-state index is 0.463. The fourth-order valence-electron chi connectivity index (χ4n) is 1.75. The maximum Gasteiger partial charge on any atom is 0.226 e. The van der Waals surface area contributed by atoms with Crippen molar-refractivity contribution in [2.45, 2.75) is 26.2 Å². The van der Waals surface area contributed by atoms with Crippen LogP contribution in [0.5, 0.6) is 5.88 Å².